The van der Waals surface area contributed by atoms with Gasteiger partial charge in [0.2, 0.25) is 11.8 Å². The van der Waals surface area contributed by atoms with Crippen LogP contribution in [0.2, 0.25) is 0 Å². The Labute approximate surface area is 128 Å². The van der Waals surface area contributed by atoms with Gasteiger partial charge in [0.15, 0.2) is 0 Å². The van der Waals surface area contributed by atoms with Gasteiger partial charge in [0.25, 0.3) is 0 Å². The summed E-state index contributed by atoms with van der Waals surface area (Å²) in [6.45, 7) is 0.332. The lowest BCUT2D eigenvalue weighted by Gasteiger charge is -2.25. The van der Waals surface area contributed by atoms with Crippen molar-refractivity contribution in [2.45, 2.75) is 32.2 Å². The molecule has 6 heteroatoms. The Bertz CT molecular complexity index is 577. The van der Waals surface area contributed by atoms with E-state index in [9.17, 15) is 14.4 Å². The number of carboxylic acid groups (broad SMARTS) is 1. The van der Waals surface area contributed by atoms with Crippen LogP contribution in [0.1, 0.15) is 41.6 Å². The molecule has 1 aromatic rings. The summed E-state index contributed by atoms with van der Waals surface area (Å²) in [4.78, 5) is 34.1. The zero-order chi connectivity index (χ0) is 16.1. The summed E-state index contributed by atoms with van der Waals surface area (Å²) in [5.41, 5.74) is 6.44. The fourth-order valence-corrected chi connectivity index (χ4v) is 2.77. The molecule has 6 nitrogen and oxygen atoms in total. The number of amides is 2. The molecule has 1 aromatic carbocycles. The summed E-state index contributed by atoms with van der Waals surface area (Å²) >= 11 is 0. The van der Waals surface area contributed by atoms with Gasteiger partial charge in [-0.2, -0.15) is 0 Å². The van der Waals surface area contributed by atoms with Crippen molar-refractivity contribution >= 4 is 17.8 Å². The Hall–Kier alpha value is -2.37. The predicted octanol–water partition coefficient (Wildman–Crippen LogP) is 1.29. The van der Waals surface area contributed by atoms with E-state index in [-0.39, 0.29) is 17.7 Å². The van der Waals surface area contributed by atoms with Crippen LogP contribution in [0.3, 0.4) is 0 Å². The number of nitrogens with one attached hydrogen (secondary N) is 1. The molecule has 0 spiro atoms. The number of carbonyl (C=O) groups excluding carboxylic acids is 2. The maximum atomic E-state index is 12.1. The zero-order valence-electron chi connectivity index (χ0n) is 12.2. The van der Waals surface area contributed by atoms with Crippen LogP contribution in [0.25, 0.3) is 0 Å². The molecule has 118 valence electrons. The van der Waals surface area contributed by atoms with Crippen molar-refractivity contribution in [2.24, 2.45) is 17.6 Å². The highest BCUT2D eigenvalue weighted by Crippen LogP contribution is 2.29. The molecular weight excluding hydrogens is 284 g/mol. The Morgan fingerprint density at radius 1 is 1.14 bits per heavy atom. The van der Waals surface area contributed by atoms with Crippen molar-refractivity contribution in [3.8, 4) is 0 Å². The molecular formula is C16H20N2O4. The molecule has 1 fully saturated rings. The SMILES string of the molecule is NC(=O)c1cccc(CNC(=O)C2CCC(C(=O)O)CC2)c1. The van der Waals surface area contributed by atoms with E-state index in [1.807, 2.05) is 6.07 Å². The molecule has 2 rings (SSSR count). The van der Waals surface area contributed by atoms with E-state index in [1.54, 1.807) is 18.2 Å². The van der Waals surface area contributed by atoms with Crippen LogP contribution in [-0.4, -0.2) is 22.9 Å². The summed E-state index contributed by atoms with van der Waals surface area (Å²) in [6, 6.07) is 6.82. The largest absolute Gasteiger partial charge is 0.481 e. The molecule has 0 aromatic heterocycles. The average molecular weight is 304 g/mol. The molecule has 2 amide bonds. The van der Waals surface area contributed by atoms with Crippen molar-refractivity contribution in [3.05, 3.63) is 35.4 Å². The van der Waals surface area contributed by atoms with Crippen LogP contribution in [0.5, 0.6) is 0 Å². The molecule has 0 saturated heterocycles. The van der Waals surface area contributed by atoms with E-state index in [0.29, 0.717) is 37.8 Å². The minimum absolute atomic E-state index is 0.0617. The first-order chi connectivity index (χ1) is 10.5. The molecule has 22 heavy (non-hydrogen) atoms. The minimum Gasteiger partial charge on any atom is -0.481 e. The summed E-state index contributed by atoms with van der Waals surface area (Å²) in [7, 11) is 0. The van der Waals surface area contributed by atoms with Crippen molar-refractivity contribution in [1.82, 2.24) is 5.32 Å². The third-order valence-electron chi connectivity index (χ3n) is 4.13. The number of hydrogen-bond donors (Lipinski definition) is 3. The quantitative estimate of drug-likeness (QED) is 0.761. The fourth-order valence-electron chi connectivity index (χ4n) is 2.77. The van der Waals surface area contributed by atoms with E-state index >= 15 is 0 Å². The van der Waals surface area contributed by atoms with Gasteiger partial charge in [-0.05, 0) is 43.4 Å². The molecule has 0 radical (unpaired) electrons. The number of rotatable bonds is 5. The summed E-state index contributed by atoms with van der Waals surface area (Å²) in [6.07, 6.45) is 2.30. The summed E-state index contributed by atoms with van der Waals surface area (Å²) in [5.74, 6) is -1.79. The van der Waals surface area contributed by atoms with Crippen LogP contribution in [-0.2, 0) is 16.1 Å². The third kappa shape index (κ3) is 4.07. The number of aliphatic carboxylic acids is 1. The van der Waals surface area contributed by atoms with Gasteiger partial charge in [-0.3, -0.25) is 14.4 Å². The Morgan fingerprint density at radius 2 is 1.77 bits per heavy atom. The van der Waals surface area contributed by atoms with Gasteiger partial charge in [-0.1, -0.05) is 12.1 Å². The van der Waals surface area contributed by atoms with E-state index in [2.05, 4.69) is 5.32 Å². The van der Waals surface area contributed by atoms with Gasteiger partial charge in [-0.25, -0.2) is 0 Å². The number of carbonyl (C=O) groups is 3. The average Bonchev–Trinajstić information content (AvgIpc) is 2.53. The molecule has 1 saturated carbocycles. The highest BCUT2D eigenvalue weighted by Gasteiger charge is 2.29. The highest BCUT2D eigenvalue weighted by atomic mass is 16.4. The lowest BCUT2D eigenvalue weighted by Crippen LogP contribution is -2.34. The van der Waals surface area contributed by atoms with E-state index in [1.165, 1.54) is 0 Å². The monoisotopic (exact) mass is 304 g/mol. The maximum Gasteiger partial charge on any atom is 0.306 e. The van der Waals surface area contributed by atoms with Crippen LogP contribution < -0.4 is 11.1 Å². The van der Waals surface area contributed by atoms with Gasteiger partial charge in [0.1, 0.15) is 0 Å². The first kappa shape index (κ1) is 16.0. The zero-order valence-corrected chi connectivity index (χ0v) is 12.2. The van der Waals surface area contributed by atoms with Crippen LogP contribution in [0.15, 0.2) is 24.3 Å². The van der Waals surface area contributed by atoms with E-state index in [0.717, 1.165) is 5.56 Å². The van der Waals surface area contributed by atoms with Crippen molar-refractivity contribution in [2.75, 3.05) is 0 Å². The predicted molar refractivity (Wildman–Crippen MR) is 79.9 cm³/mol. The standard InChI is InChI=1S/C16H20N2O4/c17-14(19)13-3-1-2-10(8-13)9-18-15(20)11-4-6-12(7-5-11)16(21)22/h1-3,8,11-12H,4-7,9H2,(H2,17,19)(H,18,20)(H,21,22). The molecule has 0 heterocycles. The second kappa shape index (κ2) is 7.06. The maximum absolute atomic E-state index is 12.1. The molecule has 0 aliphatic heterocycles. The Morgan fingerprint density at radius 3 is 2.36 bits per heavy atom. The van der Waals surface area contributed by atoms with Crippen LogP contribution >= 0.6 is 0 Å². The van der Waals surface area contributed by atoms with Gasteiger partial charge in [0, 0.05) is 18.0 Å². The topological polar surface area (TPSA) is 109 Å². The normalized spacial score (nSPS) is 21.1. The highest BCUT2D eigenvalue weighted by molar-refractivity contribution is 5.92. The van der Waals surface area contributed by atoms with Gasteiger partial charge in [-0.15, -0.1) is 0 Å². The van der Waals surface area contributed by atoms with Crippen LogP contribution in [0, 0.1) is 11.8 Å². The number of benzene rings is 1. The van der Waals surface area contributed by atoms with Crippen LogP contribution in [0.4, 0.5) is 0 Å². The molecule has 4 N–H and O–H groups in total. The molecule has 0 bridgehead atoms. The minimum atomic E-state index is -0.776. The number of primary amides is 1. The van der Waals surface area contributed by atoms with Crippen molar-refractivity contribution < 1.29 is 19.5 Å². The molecule has 0 unspecified atom stereocenters. The summed E-state index contributed by atoms with van der Waals surface area (Å²) in [5, 5.41) is 11.8. The van der Waals surface area contributed by atoms with Gasteiger partial charge < -0.3 is 16.2 Å². The van der Waals surface area contributed by atoms with Gasteiger partial charge in [0.05, 0.1) is 5.92 Å². The van der Waals surface area contributed by atoms with Gasteiger partial charge >= 0.3 is 5.97 Å². The first-order valence-electron chi connectivity index (χ1n) is 7.36. The second-order valence-electron chi connectivity index (χ2n) is 5.67. The smallest absolute Gasteiger partial charge is 0.306 e. The fraction of sp³-hybridized carbons (Fsp3) is 0.438. The summed E-state index contributed by atoms with van der Waals surface area (Å²) < 4.78 is 0. The molecule has 0 atom stereocenters. The Kier molecular flexibility index (Phi) is 5.14. The number of carboxylic acids is 1. The first-order valence-corrected chi connectivity index (χ1v) is 7.36. The third-order valence-corrected chi connectivity index (χ3v) is 4.13. The molecule has 1 aliphatic carbocycles. The lowest BCUT2D eigenvalue weighted by molar-refractivity contribution is -0.144. The van der Waals surface area contributed by atoms with E-state index in [4.69, 9.17) is 10.8 Å². The van der Waals surface area contributed by atoms with Crippen molar-refractivity contribution in [3.63, 3.8) is 0 Å². The second-order valence-corrected chi connectivity index (χ2v) is 5.67. The lowest BCUT2D eigenvalue weighted by atomic mass is 9.81. The van der Waals surface area contributed by atoms with E-state index < -0.39 is 11.9 Å². The number of nitrogens with two attached hydrogens (primary N) is 1. The van der Waals surface area contributed by atoms with Crippen molar-refractivity contribution in [1.29, 1.82) is 0 Å². The Balaban J connectivity index is 1.84. The number of hydrogen-bond acceptors (Lipinski definition) is 3. The molecule has 1 aliphatic rings.